The Balaban J connectivity index is 3.51. The molecule has 4 atom stereocenters. The van der Waals surface area contributed by atoms with Gasteiger partial charge in [-0.15, -0.1) is 0 Å². The van der Waals surface area contributed by atoms with Crippen LogP contribution >= 0.6 is 0 Å². The molecule has 28 heavy (non-hydrogen) atoms. The fourth-order valence-corrected chi connectivity index (χ4v) is 3.38. The second-order valence-corrected chi connectivity index (χ2v) is 8.11. The number of esters is 1. The molecule has 0 aromatic heterocycles. The summed E-state index contributed by atoms with van der Waals surface area (Å²) in [7, 11) is 1.33. The van der Waals surface area contributed by atoms with Gasteiger partial charge < -0.3 is 19.7 Å². The van der Waals surface area contributed by atoms with Gasteiger partial charge in [0.2, 0.25) is 0 Å². The first-order valence-corrected chi connectivity index (χ1v) is 9.60. The lowest BCUT2D eigenvalue weighted by Crippen LogP contribution is -2.59. The number of cyclic esters (lactones) is 1. The molecule has 0 aromatic rings. The molecule has 1 heterocycles. The highest BCUT2D eigenvalue weighted by molar-refractivity contribution is 6.07. The van der Waals surface area contributed by atoms with Crippen molar-refractivity contribution in [2.75, 3.05) is 13.7 Å². The Morgan fingerprint density at radius 3 is 2.43 bits per heavy atom. The number of allylic oxidation sites excluding steroid dienone is 3. The molecule has 0 radical (unpaired) electrons. The minimum atomic E-state index is -2.28. The van der Waals surface area contributed by atoms with Crippen LogP contribution in [-0.2, 0) is 19.1 Å². The average molecular weight is 395 g/mol. The summed E-state index contributed by atoms with van der Waals surface area (Å²) in [6.45, 7) is 11.7. The molecule has 0 amide bonds. The Morgan fingerprint density at radius 2 is 1.93 bits per heavy atom. The summed E-state index contributed by atoms with van der Waals surface area (Å²) in [5.41, 5.74) is -2.24. The van der Waals surface area contributed by atoms with Crippen LogP contribution < -0.4 is 0 Å². The van der Waals surface area contributed by atoms with Crippen molar-refractivity contribution in [3.63, 3.8) is 0 Å². The van der Waals surface area contributed by atoms with Gasteiger partial charge in [-0.25, -0.2) is 0 Å². The van der Waals surface area contributed by atoms with Crippen LogP contribution in [0.2, 0.25) is 0 Å². The summed E-state index contributed by atoms with van der Waals surface area (Å²) >= 11 is 0. The SMILES string of the molecule is C=C1/C=C(\C)[C@H](CC)OC(=O)C(C)(C)C(=O)[C@@](O)(CO)[C@H](OC)/C=C/[C@@H](C)C1. The maximum absolute atomic E-state index is 13.1. The van der Waals surface area contributed by atoms with E-state index in [0.29, 0.717) is 12.8 Å². The van der Waals surface area contributed by atoms with Crippen molar-refractivity contribution in [1.29, 1.82) is 0 Å². The van der Waals surface area contributed by atoms with E-state index in [2.05, 4.69) is 6.58 Å². The fourth-order valence-electron chi connectivity index (χ4n) is 3.38. The standard InChI is InChI=1S/C22H34O6/c1-8-17-16(4)12-15(3)11-14(2)9-10-18(27-7)22(26,13-23)19(24)21(5,6)20(25)28-17/h9-10,12,14,17-18,23,26H,3,8,11,13H2,1-2,4-7H3/b10-9+,16-12+/t14-,17+,18-,22-/m1/s1. The Hall–Kier alpha value is -1.76. The number of aliphatic hydroxyl groups is 2. The van der Waals surface area contributed by atoms with Crippen molar-refractivity contribution in [1.82, 2.24) is 0 Å². The Kier molecular flexibility index (Phi) is 8.35. The van der Waals surface area contributed by atoms with Gasteiger partial charge >= 0.3 is 5.97 Å². The maximum atomic E-state index is 13.1. The number of hydrogen-bond acceptors (Lipinski definition) is 6. The highest BCUT2D eigenvalue weighted by Crippen LogP contribution is 2.31. The molecule has 0 bridgehead atoms. The number of ether oxygens (including phenoxy) is 2. The Bertz CT molecular complexity index is 660. The monoisotopic (exact) mass is 394 g/mol. The van der Waals surface area contributed by atoms with E-state index in [-0.39, 0.29) is 5.92 Å². The first-order valence-electron chi connectivity index (χ1n) is 9.60. The summed E-state index contributed by atoms with van der Waals surface area (Å²) in [6, 6.07) is 0. The third kappa shape index (κ3) is 5.19. The molecule has 0 unspecified atom stereocenters. The van der Waals surface area contributed by atoms with Crippen molar-refractivity contribution in [2.45, 2.75) is 65.3 Å². The lowest BCUT2D eigenvalue weighted by atomic mass is 9.76. The van der Waals surface area contributed by atoms with E-state index in [9.17, 15) is 19.8 Å². The molecule has 6 nitrogen and oxygen atoms in total. The van der Waals surface area contributed by atoms with E-state index in [1.54, 1.807) is 6.08 Å². The zero-order valence-electron chi connectivity index (χ0n) is 17.8. The van der Waals surface area contributed by atoms with Crippen LogP contribution in [-0.4, -0.2) is 53.5 Å². The number of rotatable bonds is 3. The zero-order valence-corrected chi connectivity index (χ0v) is 17.8. The number of aliphatic hydroxyl groups excluding tert-OH is 1. The smallest absolute Gasteiger partial charge is 0.319 e. The first-order chi connectivity index (χ1) is 12.9. The van der Waals surface area contributed by atoms with Crippen molar-refractivity contribution >= 4 is 11.8 Å². The van der Waals surface area contributed by atoms with Gasteiger partial charge in [-0.2, -0.15) is 0 Å². The van der Waals surface area contributed by atoms with Crippen molar-refractivity contribution in [2.24, 2.45) is 11.3 Å². The molecule has 0 aliphatic carbocycles. The van der Waals surface area contributed by atoms with E-state index in [4.69, 9.17) is 9.47 Å². The van der Waals surface area contributed by atoms with Crippen LogP contribution in [0.4, 0.5) is 0 Å². The predicted octanol–water partition coefficient (Wildman–Crippen LogP) is 2.74. The van der Waals surface area contributed by atoms with Gasteiger partial charge in [0.05, 0.1) is 6.61 Å². The van der Waals surface area contributed by atoms with Crippen LogP contribution in [0.25, 0.3) is 0 Å². The molecule has 0 saturated carbocycles. The summed E-state index contributed by atoms with van der Waals surface area (Å²) < 4.78 is 10.9. The minimum Gasteiger partial charge on any atom is -0.457 e. The second kappa shape index (κ2) is 9.63. The second-order valence-electron chi connectivity index (χ2n) is 8.11. The molecule has 0 fully saturated rings. The number of hydrogen-bond donors (Lipinski definition) is 2. The van der Waals surface area contributed by atoms with Gasteiger partial charge in [-0.05, 0) is 45.1 Å². The summed E-state index contributed by atoms with van der Waals surface area (Å²) in [4.78, 5) is 25.9. The summed E-state index contributed by atoms with van der Waals surface area (Å²) in [5.74, 6) is -1.56. The van der Waals surface area contributed by atoms with Crippen molar-refractivity contribution < 1.29 is 29.3 Å². The molecular weight excluding hydrogens is 360 g/mol. The van der Waals surface area contributed by atoms with E-state index < -0.39 is 41.6 Å². The largest absolute Gasteiger partial charge is 0.457 e. The third-order valence-corrected chi connectivity index (χ3v) is 5.20. The Labute approximate surface area is 167 Å². The lowest BCUT2D eigenvalue weighted by molar-refractivity contribution is -0.177. The highest BCUT2D eigenvalue weighted by Gasteiger charge is 2.53. The molecule has 0 spiro atoms. The quantitative estimate of drug-likeness (QED) is 0.434. The fraction of sp³-hybridized carbons (Fsp3) is 0.636. The van der Waals surface area contributed by atoms with Gasteiger partial charge in [-0.1, -0.05) is 44.2 Å². The molecular formula is C22H34O6. The van der Waals surface area contributed by atoms with Crippen LogP contribution in [0.5, 0.6) is 0 Å². The number of carbonyl (C=O) groups is 2. The van der Waals surface area contributed by atoms with Crippen molar-refractivity contribution in [3.05, 3.63) is 36.0 Å². The minimum absolute atomic E-state index is 0.0609. The Morgan fingerprint density at radius 1 is 1.32 bits per heavy atom. The molecule has 1 rings (SSSR count). The molecule has 158 valence electrons. The normalized spacial score (nSPS) is 35.5. The molecule has 1 aliphatic heterocycles. The van der Waals surface area contributed by atoms with Gasteiger partial charge in [0.25, 0.3) is 0 Å². The van der Waals surface area contributed by atoms with Crippen molar-refractivity contribution in [3.8, 4) is 0 Å². The number of carbonyl (C=O) groups excluding carboxylic acids is 2. The van der Waals surface area contributed by atoms with Crippen LogP contribution in [0.1, 0.15) is 47.5 Å². The molecule has 0 aromatic carbocycles. The van der Waals surface area contributed by atoms with E-state index in [0.717, 1.165) is 11.1 Å². The average Bonchev–Trinajstić information content (AvgIpc) is 2.63. The molecule has 6 heteroatoms. The third-order valence-electron chi connectivity index (χ3n) is 5.20. The topological polar surface area (TPSA) is 93.1 Å². The van der Waals surface area contributed by atoms with Crippen LogP contribution in [0, 0.1) is 11.3 Å². The highest BCUT2D eigenvalue weighted by atomic mass is 16.5. The van der Waals surface area contributed by atoms with Gasteiger partial charge in [-0.3, -0.25) is 9.59 Å². The van der Waals surface area contributed by atoms with E-state index in [1.807, 2.05) is 32.9 Å². The molecule has 1 aliphatic rings. The predicted molar refractivity (Wildman–Crippen MR) is 108 cm³/mol. The summed E-state index contributed by atoms with van der Waals surface area (Å²) in [6.07, 6.45) is 4.82. The van der Waals surface area contributed by atoms with Gasteiger partial charge in [0.15, 0.2) is 11.4 Å². The first kappa shape index (κ1) is 24.3. The van der Waals surface area contributed by atoms with E-state index in [1.165, 1.54) is 21.0 Å². The summed E-state index contributed by atoms with van der Waals surface area (Å²) in [5, 5.41) is 20.8. The van der Waals surface area contributed by atoms with Crippen LogP contribution in [0.3, 0.4) is 0 Å². The molecule has 2 N–H and O–H groups in total. The van der Waals surface area contributed by atoms with E-state index >= 15 is 0 Å². The zero-order chi connectivity index (χ0) is 21.7. The van der Waals surface area contributed by atoms with Gasteiger partial charge in [0.1, 0.15) is 17.6 Å². The number of Topliss-reactive ketones (excluding diaryl/α,β-unsaturated/α-hetero) is 1. The van der Waals surface area contributed by atoms with Crippen LogP contribution in [0.15, 0.2) is 36.0 Å². The molecule has 0 saturated heterocycles. The number of ketones is 1. The van der Waals surface area contributed by atoms with Gasteiger partial charge in [0, 0.05) is 7.11 Å². The maximum Gasteiger partial charge on any atom is 0.319 e. The lowest BCUT2D eigenvalue weighted by Gasteiger charge is -2.36. The number of methoxy groups -OCH3 is 1.